The molecule has 12 nitrogen and oxygen atoms in total. The Morgan fingerprint density at radius 1 is 0.679 bits per heavy atom. The molecule has 0 radical (unpaired) electrons. The number of imidazole rings is 2. The van der Waals surface area contributed by atoms with Crippen molar-refractivity contribution in [2.75, 3.05) is 7.11 Å². The molecule has 0 spiro atoms. The summed E-state index contributed by atoms with van der Waals surface area (Å²) in [4.78, 5) is 48.1. The summed E-state index contributed by atoms with van der Waals surface area (Å²) in [5.74, 6) is 8.20. The van der Waals surface area contributed by atoms with Gasteiger partial charge in [-0.3, -0.25) is 23.9 Å². The van der Waals surface area contributed by atoms with Crippen LogP contribution in [0.1, 0.15) is 66.5 Å². The summed E-state index contributed by atoms with van der Waals surface area (Å²) in [5, 5.41) is -0.521. The van der Waals surface area contributed by atoms with E-state index in [0.717, 1.165) is 11.4 Å². The standard InChI is InChI=1S/C19H14ClFN4O2.C18H13ClFN5O/c1-11-4-6-14(10-23-11)25-12(2)15(24-18(25)19(26)27-3)7-5-13-8-9-22-17(20)16(13)21;1-10-3-5-13(9-23-10)25-11(2)14(24-18(25)17(21)26)6-4-12-7-8-22-16(19)15(12)20/h4,6,8-10H,1-3H3;3,5,7-9H,1-2H3,(H2,21,26). The van der Waals surface area contributed by atoms with Crippen LogP contribution in [-0.2, 0) is 4.74 Å². The Kier molecular flexibility index (Phi) is 11.6. The first-order valence-corrected chi connectivity index (χ1v) is 16.1. The van der Waals surface area contributed by atoms with Gasteiger partial charge in [0.1, 0.15) is 11.4 Å². The quantitative estimate of drug-likeness (QED) is 0.133. The summed E-state index contributed by atoms with van der Waals surface area (Å²) in [6.07, 6.45) is 5.94. The number of esters is 1. The Bertz CT molecular complexity index is 2490. The molecule has 6 heterocycles. The molecule has 0 aliphatic carbocycles. The molecule has 0 aliphatic heterocycles. The number of carbonyl (C=O) groups excluding carboxylic acids is 2. The van der Waals surface area contributed by atoms with Gasteiger partial charge in [-0.25, -0.2) is 33.5 Å². The van der Waals surface area contributed by atoms with Gasteiger partial charge in [0, 0.05) is 23.8 Å². The third kappa shape index (κ3) is 8.37. The van der Waals surface area contributed by atoms with Crippen LogP contribution >= 0.6 is 23.2 Å². The predicted octanol–water partition coefficient (Wildman–Crippen LogP) is 5.83. The van der Waals surface area contributed by atoms with E-state index in [-0.39, 0.29) is 33.1 Å². The third-order valence-corrected chi connectivity index (χ3v) is 7.96. The zero-order valence-corrected chi connectivity index (χ0v) is 30.2. The molecule has 0 saturated carbocycles. The number of methoxy groups -OCH3 is 1. The van der Waals surface area contributed by atoms with Crippen LogP contribution in [0.3, 0.4) is 0 Å². The van der Waals surface area contributed by atoms with Gasteiger partial charge in [-0.15, -0.1) is 0 Å². The highest BCUT2D eigenvalue weighted by molar-refractivity contribution is 6.29. The molecular formula is C37H27Cl2F2N9O3. The lowest BCUT2D eigenvalue weighted by atomic mass is 10.2. The van der Waals surface area contributed by atoms with E-state index in [2.05, 4.69) is 53.6 Å². The number of amides is 1. The van der Waals surface area contributed by atoms with Gasteiger partial charge in [0.05, 0.1) is 53.4 Å². The van der Waals surface area contributed by atoms with Crippen LogP contribution in [0.15, 0.2) is 61.2 Å². The fraction of sp³-hybridized carbons (Fsp3) is 0.135. The fourth-order valence-corrected chi connectivity index (χ4v) is 5.05. The van der Waals surface area contributed by atoms with Crippen molar-refractivity contribution in [3.63, 3.8) is 0 Å². The van der Waals surface area contributed by atoms with Gasteiger partial charge in [-0.05, 0) is 75.9 Å². The Morgan fingerprint density at radius 3 is 1.51 bits per heavy atom. The topological polar surface area (TPSA) is 157 Å². The van der Waals surface area contributed by atoms with Crippen LogP contribution in [0.5, 0.6) is 0 Å². The zero-order chi connectivity index (χ0) is 38.4. The maximum Gasteiger partial charge on any atom is 0.374 e. The number of aromatic nitrogens is 8. The second kappa shape index (κ2) is 16.2. The third-order valence-electron chi connectivity index (χ3n) is 7.44. The monoisotopic (exact) mass is 753 g/mol. The van der Waals surface area contributed by atoms with Gasteiger partial charge in [0.25, 0.3) is 5.91 Å². The zero-order valence-electron chi connectivity index (χ0n) is 28.7. The second-order valence-corrected chi connectivity index (χ2v) is 11.7. The minimum absolute atomic E-state index is 0.0192. The number of hydrogen-bond donors (Lipinski definition) is 1. The number of hydrogen-bond acceptors (Lipinski definition) is 9. The largest absolute Gasteiger partial charge is 0.463 e. The van der Waals surface area contributed by atoms with Crippen molar-refractivity contribution in [3.8, 4) is 35.1 Å². The summed E-state index contributed by atoms with van der Waals surface area (Å²) >= 11 is 11.3. The molecule has 0 atom stereocenters. The van der Waals surface area contributed by atoms with E-state index < -0.39 is 23.5 Å². The molecule has 0 aliphatic rings. The first-order chi connectivity index (χ1) is 25.3. The number of ether oxygens (including phenoxy) is 1. The fourth-order valence-electron chi connectivity index (χ4n) is 4.73. The van der Waals surface area contributed by atoms with E-state index >= 15 is 0 Å². The minimum atomic E-state index is -0.711. The van der Waals surface area contributed by atoms with Gasteiger partial charge >= 0.3 is 5.97 Å². The first kappa shape index (κ1) is 37.8. The summed E-state index contributed by atoms with van der Waals surface area (Å²) in [5.41, 5.74) is 10.3. The SMILES string of the molecule is COC(=O)c1nc(C#Cc2ccnc(Cl)c2F)c(C)n1-c1ccc(C)nc1.Cc1ccc(-n2c(C(N)=O)nc(C#Cc3ccnc(Cl)c3F)c2C)cn1. The molecule has 6 aromatic heterocycles. The lowest BCUT2D eigenvalue weighted by Gasteiger charge is -2.08. The molecule has 2 N–H and O–H groups in total. The molecule has 16 heteroatoms. The highest BCUT2D eigenvalue weighted by atomic mass is 35.5. The lowest BCUT2D eigenvalue weighted by Crippen LogP contribution is -2.18. The smallest absolute Gasteiger partial charge is 0.374 e. The molecule has 0 saturated heterocycles. The maximum atomic E-state index is 14.0. The molecule has 0 aromatic carbocycles. The van der Waals surface area contributed by atoms with Crippen LogP contribution in [0.4, 0.5) is 8.78 Å². The van der Waals surface area contributed by atoms with Crippen molar-refractivity contribution in [3.05, 3.63) is 140 Å². The number of halogens is 4. The maximum absolute atomic E-state index is 14.0. The van der Waals surface area contributed by atoms with E-state index in [1.165, 1.54) is 31.6 Å². The average molecular weight is 755 g/mol. The van der Waals surface area contributed by atoms with Gasteiger partial charge in [0.15, 0.2) is 21.9 Å². The number of pyridine rings is 4. The molecule has 266 valence electrons. The van der Waals surface area contributed by atoms with Crippen LogP contribution in [0, 0.1) is 63.0 Å². The summed E-state index contributed by atoms with van der Waals surface area (Å²) in [6.45, 7) is 7.19. The van der Waals surface area contributed by atoms with Crippen LogP contribution in [0.2, 0.25) is 10.3 Å². The normalized spacial score (nSPS) is 10.3. The van der Waals surface area contributed by atoms with E-state index in [4.69, 9.17) is 33.7 Å². The molecule has 6 rings (SSSR count). The summed E-state index contributed by atoms with van der Waals surface area (Å²) in [7, 11) is 1.27. The van der Waals surface area contributed by atoms with Crippen LogP contribution in [-0.4, -0.2) is 58.0 Å². The second-order valence-electron chi connectivity index (χ2n) is 11.0. The number of nitrogens with two attached hydrogens (primary N) is 1. The minimum Gasteiger partial charge on any atom is -0.463 e. The lowest BCUT2D eigenvalue weighted by molar-refractivity contribution is 0.0584. The predicted molar refractivity (Wildman–Crippen MR) is 192 cm³/mol. The molecule has 0 bridgehead atoms. The van der Waals surface area contributed by atoms with E-state index in [1.807, 2.05) is 26.0 Å². The van der Waals surface area contributed by atoms with Crippen molar-refractivity contribution in [1.82, 2.24) is 39.0 Å². The number of nitrogens with zero attached hydrogens (tertiary/aromatic N) is 8. The molecular weight excluding hydrogens is 727 g/mol. The highest BCUT2D eigenvalue weighted by Crippen LogP contribution is 2.21. The van der Waals surface area contributed by atoms with E-state index in [9.17, 15) is 18.4 Å². The Hall–Kier alpha value is -6.48. The van der Waals surface area contributed by atoms with Crippen LogP contribution < -0.4 is 5.73 Å². The first-order valence-electron chi connectivity index (χ1n) is 15.4. The molecule has 53 heavy (non-hydrogen) atoms. The Morgan fingerprint density at radius 2 is 1.11 bits per heavy atom. The van der Waals surface area contributed by atoms with Gasteiger partial charge in [-0.1, -0.05) is 35.0 Å². The van der Waals surface area contributed by atoms with Gasteiger partial charge < -0.3 is 10.5 Å². The van der Waals surface area contributed by atoms with E-state index in [1.54, 1.807) is 47.5 Å². The van der Waals surface area contributed by atoms with Crippen molar-refractivity contribution >= 4 is 35.1 Å². The van der Waals surface area contributed by atoms with Crippen LogP contribution in [0.25, 0.3) is 11.4 Å². The van der Waals surface area contributed by atoms with Gasteiger partial charge in [-0.2, -0.15) is 0 Å². The van der Waals surface area contributed by atoms with Crippen molar-refractivity contribution in [2.45, 2.75) is 27.7 Å². The van der Waals surface area contributed by atoms with Crippen molar-refractivity contribution in [2.24, 2.45) is 5.73 Å². The molecule has 6 aromatic rings. The number of primary amides is 1. The Balaban J connectivity index is 0.000000204. The van der Waals surface area contributed by atoms with Gasteiger partial charge in [0.2, 0.25) is 11.6 Å². The van der Waals surface area contributed by atoms with Crippen molar-refractivity contribution < 1.29 is 23.1 Å². The highest BCUT2D eigenvalue weighted by Gasteiger charge is 2.22. The number of carbonyl (C=O) groups is 2. The summed E-state index contributed by atoms with van der Waals surface area (Å²) < 4.78 is 35.9. The van der Waals surface area contributed by atoms with E-state index in [0.29, 0.717) is 34.2 Å². The molecule has 1 amide bonds. The summed E-state index contributed by atoms with van der Waals surface area (Å²) in [6, 6.07) is 10.0. The number of rotatable bonds is 4. The Labute approximate surface area is 312 Å². The number of aryl methyl sites for hydroxylation is 2. The average Bonchev–Trinajstić information content (AvgIpc) is 3.66. The molecule has 0 fully saturated rings. The molecule has 0 unspecified atom stereocenters. The van der Waals surface area contributed by atoms with Crippen molar-refractivity contribution in [1.29, 1.82) is 0 Å².